The molecule has 0 aliphatic carbocycles. The van der Waals surface area contributed by atoms with Crippen LogP contribution in [-0.2, 0) is 9.53 Å². The van der Waals surface area contributed by atoms with Crippen molar-refractivity contribution in [3.8, 4) is 5.75 Å². The molecule has 1 aromatic heterocycles. The fourth-order valence-electron chi connectivity index (χ4n) is 1.67. The van der Waals surface area contributed by atoms with Crippen molar-refractivity contribution in [3.63, 3.8) is 0 Å². The molecule has 0 bridgehead atoms. The molecule has 2 aromatic rings. The Bertz CT molecular complexity index is 587. The van der Waals surface area contributed by atoms with E-state index in [9.17, 15) is 4.79 Å². The zero-order chi connectivity index (χ0) is 13.5. The van der Waals surface area contributed by atoms with Gasteiger partial charge in [0, 0.05) is 17.7 Å². The second-order valence-electron chi connectivity index (χ2n) is 3.79. The third kappa shape index (κ3) is 3.55. The fourth-order valence-corrected chi connectivity index (χ4v) is 1.67. The van der Waals surface area contributed by atoms with E-state index in [0.29, 0.717) is 13.2 Å². The summed E-state index contributed by atoms with van der Waals surface area (Å²) in [5.41, 5.74) is 0.884. The third-order valence-corrected chi connectivity index (χ3v) is 2.48. The third-order valence-electron chi connectivity index (χ3n) is 2.48. The second kappa shape index (κ2) is 6.54. The Morgan fingerprint density at radius 3 is 3.05 bits per heavy atom. The van der Waals surface area contributed by atoms with Crippen molar-refractivity contribution in [2.24, 2.45) is 0 Å². The molecule has 0 saturated heterocycles. The monoisotopic (exact) mass is 257 g/mol. The molecule has 1 heterocycles. The van der Waals surface area contributed by atoms with Crippen LogP contribution < -0.4 is 4.74 Å². The number of nitrogens with zero attached hydrogens (tertiary/aromatic N) is 1. The number of aromatic nitrogens is 1. The van der Waals surface area contributed by atoms with Crippen molar-refractivity contribution < 1.29 is 14.3 Å². The summed E-state index contributed by atoms with van der Waals surface area (Å²) in [6.45, 7) is 2.46. The number of hydrogen-bond donors (Lipinski definition) is 0. The van der Waals surface area contributed by atoms with E-state index in [1.807, 2.05) is 30.3 Å². The fraction of sp³-hybridized carbons (Fsp3) is 0.200. The maximum absolute atomic E-state index is 11.1. The van der Waals surface area contributed by atoms with E-state index in [1.54, 1.807) is 19.2 Å². The zero-order valence-corrected chi connectivity index (χ0v) is 10.7. The van der Waals surface area contributed by atoms with E-state index >= 15 is 0 Å². The summed E-state index contributed by atoms with van der Waals surface area (Å²) >= 11 is 0. The first-order valence-electron chi connectivity index (χ1n) is 6.11. The van der Waals surface area contributed by atoms with Gasteiger partial charge in [0.1, 0.15) is 12.4 Å². The number of esters is 1. The predicted octanol–water partition coefficient (Wildman–Crippen LogP) is 2.73. The summed E-state index contributed by atoms with van der Waals surface area (Å²) in [5.74, 6) is 0.393. The van der Waals surface area contributed by atoms with Crippen LogP contribution in [0.2, 0.25) is 0 Å². The molecule has 0 N–H and O–H groups in total. The summed E-state index contributed by atoms with van der Waals surface area (Å²) in [6.07, 6.45) is 4.74. The van der Waals surface area contributed by atoms with Crippen LogP contribution in [0.1, 0.15) is 6.92 Å². The molecule has 0 aliphatic rings. The van der Waals surface area contributed by atoms with Crippen LogP contribution in [-0.4, -0.2) is 24.2 Å². The lowest BCUT2D eigenvalue weighted by Crippen LogP contribution is -2.01. The van der Waals surface area contributed by atoms with Gasteiger partial charge in [-0.3, -0.25) is 4.98 Å². The van der Waals surface area contributed by atoms with Gasteiger partial charge in [-0.2, -0.15) is 0 Å². The average molecular weight is 257 g/mol. The SMILES string of the molecule is CCOC(=O)/C=C/COc1cccc2ncccc12. The predicted molar refractivity (Wildman–Crippen MR) is 73.0 cm³/mol. The van der Waals surface area contributed by atoms with E-state index in [1.165, 1.54) is 6.08 Å². The minimum absolute atomic E-state index is 0.312. The quantitative estimate of drug-likeness (QED) is 0.610. The molecule has 4 nitrogen and oxygen atoms in total. The van der Waals surface area contributed by atoms with Gasteiger partial charge < -0.3 is 9.47 Å². The number of pyridine rings is 1. The number of fused-ring (bicyclic) bond motifs is 1. The second-order valence-corrected chi connectivity index (χ2v) is 3.79. The van der Waals surface area contributed by atoms with Gasteiger partial charge in [-0.1, -0.05) is 6.07 Å². The van der Waals surface area contributed by atoms with Crippen LogP contribution >= 0.6 is 0 Å². The molecule has 98 valence electrons. The van der Waals surface area contributed by atoms with E-state index in [2.05, 4.69) is 4.98 Å². The summed E-state index contributed by atoms with van der Waals surface area (Å²) < 4.78 is 10.4. The maximum atomic E-state index is 11.1. The lowest BCUT2D eigenvalue weighted by atomic mass is 10.2. The van der Waals surface area contributed by atoms with Gasteiger partial charge in [0.25, 0.3) is 0 Å². The highest BCUT2D eigenvalue weighted by Crippen LogP contribution is 2.23. The summed E-state index contributed by atoms with van der Waals surface area (Å²) in [5, 5.41) is 0.953. The largest absolute Gasteiger partial charge is 0.489 e. The lowest BCUT2D eigenvalue weighted by molar-refractivity contribution is -0.137. The highest BCUT2D eigenvalue weighted by molar-refractivity contribution is 5.85. The zero-order valence-electron chi connectivity index (χ0n) is 10.7. The molecule has 0 spiro atoms. The molecule has 0 unspecified atom stereocenters. The lowest BCUT2D eigenvalue weighted by Gasteiger charge is -2.06. The highest BCUT2D eigenvalue weighted by atomic mass is 16.5. The molecule has 0 saturated carbocycles. The first-order valence-corrected chi connectivity index (χ1v) is 6.11. The molecular weight excluding hydrogens is 242 g/mol. The van der Waals surface area contributed by atoms with Gasteiger partial charge in [0.05, 0.1) is 12.1 Å². The van der Waals surface area contributed by atoms with E-state index < -0.39 is 0 Å². The van der Waals surface area contributed by atoms with Gasteiger partial charge in [0.15, 0.2) is 0 Å². The molecule has 0 radical (unpaired) electrons. The van der Waals surface area contributed by atoms with Crippen LogP contribution in [0.4, 0.5) is 0 Å². The van der Waals surface area contributed by atoms with E-state index in [-0.39, 0.29) is 5.97 Å². The number of ether oxygens (including phenoxy) is 2. The molecule has 0 aliphatic heterocycles. The van der Waals surface area contributed by atoms with E-state index in [0.717, 1.165) is 16.7 Å². The van der Waals surface area contributed by atoms with Crippen molar-refractivity contribution in [2.45, 2.75) is 6.92 Å². The minimum atomic E-state index is -0.356. The Hall–Kier alpha value is -2.36. The molecule has 0 atom stereocenters. The van der Waals surface area contributed by atoms with Crippen molar-refractivity contribution >= 4 is 16.9 Å². The average Bonchev–Trinajstić information content (AvgIpc) is 2.44. The first-order chi connectivity index (χ1) is 9.31. The number of rotatable bonds is 5. The Labute approximate surface area is 111 Å². The van der Waals surface area contributed by atoms with Crippen LogP contribution in [0, 0.1) is 0 Å². The Morgan fingerprint density at radius 1 is 1.32 bits per heavy atom. The summed E-state index contributed by atoms with van der Waals surface area (Å²) in [4.78, 5) is 15.3. The van der Waals surface area contributed by atoms with Crippen molar-refractivity contribution in [3.05, 3.63) is 48.7 Å². The Kier molecular flexibility index (Phi) is 4.50. The number of benzene rings is 1. The van der Waals surface area contributed by atoms with Crippen molar-refractivity contribution in [2.75, 3.05) is 13.2 Å². The van der Waals surface area contributed by atoms with Crippen LogP contribution in [0.15, 0.2) is 48.7 Å². The molecule has 0 amide bonds. The van der Waals surface area contributed by atoms with Crippen LogP contribution in [0.3, 0.4) is 0 Å². The standard InChI is InChI=1S/C15H15NO3/c1-2-18-15(17)9-5-11-19-14-8-3-7-13-12(14)6-4-10-16-13/h3-10H,2,11H2,1H3/b9-5+. The number of hydrogen-bond acceptors (Lipinski definition) is 4. The topological polar surface area (TPSA) is 48.4 Å². The molecular formula is C15H15NO3. The van der Waals surface area contributed by atoms with Crippen LogP contribution in [0.25, 0.3) is 10.9 Å². The molecule has 0 fully saturated rings. The normalized spacial score (nSPS) is 10.8. The highest BCUT2D eigenvalue weighted by Gasteiger charge is 2.01. The molecule has 19 heavy (non-hydrogen) atoms. The number of carbonyl (C=O) groups is 1. The van der Waals surface area contributed by atoms with Gasteiger partial charge in [-0.05, 0) is 37.3 Å². The van der Waals surface area contributed by atoms with Crippen molar-refractivity contribution in [1.82, 2.24) is 4.98 Å². The van der Waals surface area contributed by atoms with E-state index in [4.69, 9.17) is 9.47 Å². The summed E-state index contributed by atoms with van der Waals surface area (Å²) in [6, 6.07) is 9.51. The maximum Gasteiger partial charge on any atom is 0.330 e. The molecule has 1 aromatic carbocycles. The molecule has 2 rings (SSSR count). The number of carbonyl (C=O) groups excluding carboxylic acids is 1. The summed E-state index contributed by atoms with van der Waals surface area (Å²) in [7, 11) is 0. The van der Waals surface area contributed by atoms with Gasteiger partial charge in [-0.15, -0.1) is 0 Å². The van der Waals surface area contributed by atoms with Gasteiger partial charge in [0.2, 0.25) is 0 Å². The van der Waals surface area contributed by atoms with Gasteiger partial charge >= 0.3 is 5.97 Å². The van der Waals surface area contributed by atoms with Crippen LogP contribution in [0.5, 0.6) is 5.75 Å². The minimum Gasteiger partial charge on any atom is -0.489 e. The Balaban J connectivity index is 2.00. The first kappa shape index (κ1) is 13.1. The smallest absolute Gasteiger partial charge is 0.330 e. The Morgan fingerprint density at radius 2 is 2.21 bits per heavy atom. The molecule has 4 heteroatoms. The van der Waals surface area contributed by atoms with Gasteiger partial charge in [-0.25, -0.2) is 4.79 Å². The van der Waals surface area contributed by atoms with Crippen molar-refractivity contribution in [1.29, 1.82) is 0 Å².